The summed E-state index contributed by atoms with van der Waals surface area (Å²) in [6, 6.07) is -0.872. The second-order valence-corrected chi connectivity index (χ2v) is 9.30. The summed E-state index contributed by atoms with van der Waals surface area (Å²) in [7, 11) is 1.24. The highest BCUT2D eigenvalue weighted by Crippen LogP contribution is 2.38. The first-order valence-corrected chi connectivity index (χ1v) is 11.5. The predicted molar refractivity (Wildman–Crippen MR) is 109 cm³/mol. The Morgan fingerprint density at radius 3 is 2.46 bits per heavy atom. The molecule has 0 fully saturated rings. The van der Waals surface area contributed by atoms with Crippen molar-refractivity contribution in [2.45, 2.75) is 64.5 Å². The number of amides is 1. The van der Waals surface area contributed by atoms with E-state index in [1.54, 1.807) is 13.0 Å². The van der Waals surface area contributed by atoms with Crippen molar-refractivity contribution in [3.63, 3.8) is 0 Å². The summed E-state index contributed by atoms with van der Waals surface area (Å²) in [4.78, 5) is 23.6. The molecule has 0 aromatic rings. The van der Waals surface area contributed by atoms with Crippen LogP contribution in [0.2, 0.25) is 0 Å². The van der Waals surface area contributed by atoms with Crippen molar-refractivity contribution in [2.75, 3.05) is 40.9 Å². The molecule has 0 bridgehead atoms. The molecule has 0 radical (unpaired) electrons. The average molecular weight is 423 g/mol. The minimum atomic E-state index is -4.51. The van der Waals surface area contributed by atoms with Crippen molar-refractivity contribution in [1.82, 2.24) is 5.32 Å². The van der Waals surface area contributed by atoms with Gasteiger partial charge in [-0.15, -0.1) is 0 Å². The highest BCUT2D eigenvalue weighted by atomic mass is 31.2. The van der Waals surface area contributed by atoms with Gasteiger partial charge >= 0.3 is 0 Å². The number of hydrogen-bond acceptors (Lipinski definition) is 6. The van der Waals surface area contributed by atoms with Gasteiger partial charge in [0.1, 0.15) is 13.2 Å². The zero-order chi connectivity index (χ0) is 21.6. The van der Waals surface area contributed by atoms with Gasteiger partial charge in [-0.25, -0.2) is 0 Å². The Morgan fingerprint density at radius 2 is 1.89 bits per heavy atom. The number of unbranched alkanes of at least 4 members (excludes halogenated alkanes) is 4. The van der Waals surface area contributed by atoms with Crippen LogP contribution in [0.3, 0.4) is 0 Å². The quantitative estimate of drug-likeness (QED) is 0.170. The SMILES string of the molecule is CCCCCC/C=C/C(O)C(COP(=O)([O-])OCC[N+](C)(C)C)NC(=O)CC. The van der Waals surface area contributed by atoms with Gasteiger partial charge in [0.25, 0.3) is 7.82 Å². The van der Waals surface area contributed by atoms with Crippen LogP contribution in [0.5, 0.6) is 0 Å². The fraction of sp³-hybridized carbons (Fsp3) is 0.842. The Balaban J connectivity index is 4.63. The van der Waals surface area contributed by atoms with E-state index in [0.29, 0.717) is 11.0 Å². The first kappa shape index (κ1) is 27.2. The maximum absolute atomic E-state index is 11.9. The summed E-state index contributed by atoms with van der Waals surface area (Å²) < 4.78 is 22.2. The molecule has 0 aliphatic rings. The lowest BCUT2D eigenvalue weighted by Crippen LogP contribution is -2.45. The van der Waals surface area contributed by atoms with Crippen LogP contribution in [0.1, 0.15) is 52.4 Å². The van der Waals surface area contributed by atoms with Gasteiger partial charge in [-0.1, -0.05) is 45.3 Å². The van der Waals surface area contributed by atoms with Gasteiger partial charge in [-0.2, -0.15) is 0 Å². The number of carbonyl (C=O) groups excluding carboxylic acids is 1. The molecule has 0 aliphatic carbocycles. The second kappa shape index (κ2) is 14.3. The van der Waals surface area contributed by atoms with Crippen molar-refractivity contribution < 1.29 is 32.9 Å². The number of aliphatic hydroxyl groups excluding tert-OH is 1. The monoisotopic (exact) mass is 422 g/mol. The van der Waals surface area contributed by atoms with E-state index in [0.717, 1.165) is 25.7 Å². The Hall–Kier alpha value is -0.760. The van der Waals surface area contributed by atoms with E-state index in [1.165, 1.54) is 6.42 Å². The Kier molecular flexibility index (Phi) is 13.9. The van der Waals surface area contributed by atoms with E-state index in [2.05, 4.69) is 12.2 Å². The molecule has 8 nitrogen and oxygen atoms in total. The molecule has 1 amide bonds. The number of carbonyl (C=O) groups is 1. The van der Waals surface area contributed by atoms with E-state index >= 15 is 0 Å². The summed E-state index contributed by atoms with van der Waals surface area (Å²) >= 11 is 0. The Bertz CT molecular complexity index is 507. The third kappa shape index (κ3) is 15.2. The van der Waals surface area contributed by atoms with Crippen LogP contribution in [-0.4, -0.2) is 68.5 Å². The standard InChI is InChI=1S/C19H39N2O6P/c1-6-8-9-10-11-12-13-18(22)17(20-19(23)7-2)16-27-28(24,25)26-15-14-21(3,4)5/h12-13,17-18,22H,6-11,14-16H2,1-5H3,(H-,20,23,24,25)/b13-12+. The van der Waals surface area contributed by atoms with Crippen LogP contribution in [-0.2, 0) is 18.4 Å². The summed E-state index contributed by atoms with van der Waals surface area (Å²) in [5.41, 5.74) is 0. The van der Waals surface area contributed by atoms with Gasteiger partial charge in [-0.3, -0.25) is 9.36 Å². The fourth-order valence-electron chi connectivity index (χ4n) is 2.23. The molecule has 0 heterocycles. The molecule has 3 unspecified atom stereocenters. The third-order valence-corrected chi connectivity index (χ3v) is 5.03. The number of quaternary nitrogens is 1. The number of phosphoric ester groups is 1. The van der Waals surface area contributed by atoms with Crippen molar-refractivity contribution >= 4 is 13.7 Å². The smallest absolute Gasteiger partial charge is 0.268 e. The molecule has 3 atom stereocenters. The fourth-order valence-corrected chi connectivity index (χ4v) is 2.95. The lowest BCUT2D eigenvalue weighted by Gasteiger charge is -2.29. The molecule has 0 aromatic heterocycles. The van der Waals surface area contributed by atoms with Gasteiger partial charge in [-0.05, 0) is 12.8 Å². The van der Waals surface area contributed by atoms with Gasteiger partial charge in [0, 0.05) is 6.42 Å². The molecule has 0 saturated heterocycles. The van der Waals surface area contributed by atoms with Crippen LogP contribution >= 0.6 is 7.82 Å². The van der Waals surface area contributed by atoms with Gasteiger partial charge in [0.15, 0.2) is 0 Å². The molecule has 166 valence electrons. The normalized spacial score (nSPS) is 16.7. The summed E-state index contributed by atoms with van der Waals surface area (Å²) in [6.45, 7) is 3.92. The maximum atomic E-state index is 11.9. The Labute approximate surface area is 170 Å². The van der Waals surface area contributed by atoms with E-state index in [9.17, 15) is 19.4 Å². The predicted octanol–water partition coefficient (Wildman–Crippen LogP) is 1.98. The minimum Gasteiger partial charge on any atom is -0.756 e. The topological polar surface area (TPSA) is 108 Å². The second-order valence-electron chi connectivity index (χ2n) is 7.89. The molecular weight excluding hydrogens is 383 g/mol. The molecular formula is C19H39N2O6P. The molecule has 0 aromatic carbocycles. The highest BCUT2D eigenvalue weighted by Gasteiger charge is 2.22. The highest BCUT2D eigenvalue weighted by molar-refractivity contribution is 7.45. The number of nitrogens with one attached hydrogen (secondary N) is 1. The van der Waals surface area contributed by atoms with E-state index in [1.807, 2.05) is 27.2 Å². The van der Waals surface area contributed by atoms with Crippen LogP contribution in [0.4, 0.5) is 0 Å². The molecule has 0 saturated carbocycles. The third-order valence-electron chi connectivity index (χ3n) is 4.06. The van der Waals surface area contributed by atoms with Crippen molar-refractivity contribution in [3.05, 3.63) is 12.2 Å². The van der Waals surface area contributed by atoms with Gasteiger partial charge in [0.2, 0.25) is 5.91 Å². The number of nitrogens with zero attached hydrogens (tertiary/aromatic N) is 1. The lowest BCUT2D eigenvalue weighted by atomic mass is 10.1. The van der Waals surface area contributed by atoms with Crippen molar-refractivity contribution in [2.24, 2.45) is 0 Å². The van der Waals surface area contributed by atoms with Gasteiger partial charge in [0.05, 0.1) is 39.9 Å². The van der Waals surface area contributed by atoms with E-state index < -0.39 is 26.6 Å². The number of hydrogen-bond donors (Lipinski definition) is 2. The summed E-state index contributed by atoms with van der Waals surface area (Å²) in [5.74, 6) is -0.296. The molecule has 0 aliphatic heterocycles. The molecule has 28 heavy (non-hydrogen) atoms. The zero-order valence-electron chi connectivity index (χ0n) is 18.1. The number of phosphoric acid groups is 1. The largest absolute Gasteiger partial charge is 0.756 e. The van der Waals surface area contributed by atoms with Crippen LogP contribution in [0, 0.1) is 0 Å². The van der Waals surface area contributed by atoms with Gasteiger partial charge < -0.3 is 28.8 Å². The molecule has 9 heteroatoms. The van der Waals surface area contributed by atoms with Crippen molar-refractivity contribution in [3.8, 4) is 0 Å². The number of rotatable bonds is 16. The number of allylic oxidation sites excluding steroid dienone is 1. The first-order chi connectivity index (χ1) is 13.0. The van der Waals surface area contributed by atoms with Crippen LogP contribution < -0.4 is 10.2 Å². The zero-order valence-corrected chi connectivity index (χ0v) is 19.0. The van der Waals surface area contributed by atoms with Crippen LogP contribution in [0.25, 0.3) is 0 Å². The first-order valence-electron chi connectivity index (χ1n) is 10.1. The summed E-state index contributed by atoms with van der Waals surface area (Å²) in [6.07, 6.45) is 7.89. The lowest BCUT2D eigenvalue weighted by molar-refractivity contribution is -0.870. The average Bonchev–Trinajstić information content (AvgIpc) is 2.59. The minimum absolute atomic E-state index is 0.00349. The van der Waals surface area contributed by atoms with E-state index in [-0.39, 0.29) is 18.9 Å². The number of aliphatic hydroxyl groups is 1. The molecule has 0 spiro atoms. The Morgan fingerprint density at radius 1 is 1.21 bits per heavy atom. The summed E-state index contributed by atoms with van der Waals surface area (Å²) in [5, 5.41) is 12.9. The van der Waals surface area contributed by atoms with Crippen molar-refractivity contribution in [1.29, 1.82) is 0 Å². The number of likely N-dealkylation sites (N-methyl/N-ethyl adjacent to an activating group) is 1. The van der Waals surface area contributed by atoms with Crippen LogP contribution in [0.15, 0.2) is 12.2 Å². The van der Waals surface area contributed by atoms with E-state index in [4.69, 9.17) is 9.05 Å². The molecule has 0 rings (SSSR count). The maximum Gasteiger partial charge on any atom is 0.268 e. The molecule has 2 N–H and O–H groups in total.